The van der Waals surface area contributed by atoms with Crippen LogP contribution in [0.1, 0.15) is 37.2 Å². The highest BCUT2D eigenvalue weighted by Crippen LogP contribution is 2.26. The van der Waals surface area contributed by atoms with Crippen molar-refractivity contribution in [2.45, 2.75) is 32.2 Å². The molecule has 1 unspecified atom stereocenters. The second-order valence-corrected chi connectivity index (χ2v) is 6.40. The third-order valence-corrected chi connectivity index (χ3v) is 4.49. The number of ether oxygens (including phenoxy) is 1. The molecule has 0 spiro atoms. The SMILES string of the molecule is CCCC(C)(NC(=O)c1csc(-c2ccccc2F)n1)C(=O)OC. The molecule has 0 bridgehead atoms. The van der Waals surface area contributed by atoms with Crippen LogP contribution in [-0.4, -0.2) is 29.5 Å². The Morgan fingerprint density at radius 2 is 2.08 bits per heavy atom. The Kier molecular flexibility index (Phi) is 5.66. The van der Waals surface area contributed by atoms with Crippen LogP contribution < -0.4 is 5.32 Å². The molecular formula is C17H19FN2O3S. The fraction of sp³-hybridized carbons (Fsp3) is 0.353. The van der Waals surface area contributed by atoms with Gasteiger partial charge in [-0.25, -0.2) is 14.2 Å². The van der Waals surface area contributed by atoms with Crippen molar-refractivity contribution < 1.29 is 18.7 Å². The number of rotatable bonds is 6. The number of carbonyl (C=O) groups is 2. The number of amides is 1. The number of halogens is 1. The van der Waals surface area contributed by atoms with E-state index in [2.05, 4.69) is 10.3 Å². The minimum atomic E-state index is -1.12. The van der Waals surface area contributed by atoms with Crippen molar-refractivity contribution in [2.24, 2.45) is 0 Å². The lowest BCUT2D eigenvalue weighted by molar-refractivity contribution is -0.147. The Labute approximate surface area is 143 Å². The highest BCUT2D eigenvalue weighted by atomic mass is 32.1. The maximum atomic E-state index is 13.8. The van der Waals surface area contributed by atoms with E-state index in [0.717, 1.165) is 0 Å². The van der Waals surface area contributed by atoms with Crippen LogP contribution in [0.25, 0.3) is 10.6 Å². The van der Waals surface area contributed by atoms with Crippen LogP contribution in [-0.2, 0) is 9.53 Å². The first-order chi connectivity index (χ1) is 11.4. The van der Waals surface area contributed by atoms with Gasteiger partial charge in [-0.05, 0) is 25.5 Å². The first kappa shape index (κ1) is 18.1. The molecule has 0 radical (unpaired) electrons. The second kappa shape index (κ2) is 7.53. The number of thiazole rings is 1. The molecule has 2 aromatic rings. The minimum absolute atomic E-state index is 0.143. The number of aromatic nitrogens is 1. The number of nitrogens with one attached hydrogen (secondary N) is 1. The second-order valence-electron chi connectivity index (χ2n) is 5.55. The summed E-state index contributed by atoms with van der Waals surface area (Å²) in [7, 11) is 1.28. The molecule has 128 valence electrons. The highest BCUT2D eigenvalue weighted by molar-refractivity contribution is 7.13. The number of esters is 1. The quantitative estimate of drug-likeness (QED) is 0.811. The van der Waals surface area contributed by atoms with Crippen LogP contribution >= 0.6 is 11.3 Å². The topological polar surface area (TPSA) is 68.3 Å². The molecule has 1 N–H and O–H groups in total. The molecule has 0 aliphatic heterocycles. The lowest BCUT2D eigenvalue weighted by Crippen LogP contribution is -2.52. The molecular weight excluding hydrogens is 331 g/mol. The van der Waals surface area contributed by atoms with Crippen molar-refractivity contribution >= 4 is 23.2 Å². The summed E-state index contributed by atoms with van der Waals surface area (Å²) in [5.74, 6) is -1.40. The lowest BCUT2D eigenvalue weighted by Gasteiger charge is -2.27. The predicted molar refractivity (Wildman–Crippen MR) is 90.3 cm³/mol. The molecule has 1 aromatic carbocycles. The molecule has 1 amide bonds. The number of benzene rings is 1. The molecule has 1 atom stereocenters. The zero-order valence-electron chi connectivity index (χ0n) is 13.8. The fourth-order valence-corrected chi connectivity index (χ4v) is 3.22. The third-order valence-electron chi connectivity index (χ3n) is 3.62. The summed E-state index contributed by atoms with van der Waals surface area (Å²) in [6.45, 7) is 3.52. The summed E-state index contributed by atoms with van der Waals surface area (Å²) in [6.07, 6.45) is 1.14. The van der Waals surface area contributed by atoms with Gasteiger partial charge in [0.25, 0.3) is 5.91 Å². The van der Waals surface area contributed by atoms with E-state index < -0.39 is 23.2 Å². The van der Waals surface area contributed by atoms with E-state index in [0.29, 0.717) is 23.4 Å². The van der Waals surface area contributed by atoms with Crippen molar-refractivity contribution in [3.05, 3.63) is 41.2 Å². The lowest BCUT2D eigenvalue weighted by atomic mass is 9.96. The molecule has 0 aliphatic rings. The Morgan fingerprint density at radius 3 is 2.71 bits per heavy atom. The summed E-state index contributed by atoms with van der Waals surface area (Å²) >= 11 is 1.17. The van der Waals surface area contributed by atoms with Crippen molar-refractivity contribution in [3.8, 4) is 10.6 Å². The highest BCUT2D eigenvalue weighted by Gasteiger charge is 2.35. The monoisotopic (exact) mass is 350 g/mol. The summed E-state index contributed by atoms with van der Waals surface area (Å²) in [5.41, 5.74) is -0.641. The van der Waals surface area contributed by atoms with Crippen molar-refractivity contribution in [3.63, 3.8) is 0 Å². The van der Waals surface area contributed by atoms with Crippen LogP contribution in [0.4, 0.5) is 4.39 Å². The zero-order valence-corrected chi connectivity index (χ0v) is 14.6. The van der Waals surface area contributed by atoms with Gasteiger partial charge >= 0.3 is 5.97 Å². The van der Waals surface area contributed by atoms with E-state index in [-0.39, 0.29) is 5.69 Å². The van der Waals surface area contributed by atoms with Gasteiger partial charge in [-0.3, -0.25) is 4.79 Å². The van der Waals surface area contributed by atoms with E-state index in [4.69, 9.17) is 4.74 Å². The fourth-order valence-electron chi connectivity index (χ4n) is 2.39. The number of carbonyl (C=O) groups excluding carboxylic acids is 2. The van der Waals surface area contributed by atoms with Crippen LogP contribution in [0, 0.1) is 5.82 Å². The molecule has 0 fully saturated rings. The number of methoxy groups -OCH3 is 1. The van der Waals surface area contributed by atoms with Gasteiger partial charge in [-0.15, -0.1) is 11.3 Å². The summed E-state index contributed by atoms with van der Waals surface area (Å²) in [6, 6.07) is 6.24. The molecule has 7 heteroatoms. The van der Waals surface area contributed by atoms with Crippen LogP contribution in [0.3, 0.4) is 0 Å². The Hall–Kier alpha value is -2.28. The van der Waals surface area contributed by atoms with Gasteiger partial charge in [-0.1, -0.05) is 25.5 Å². The van der Waals surface area contributed by atoms with Gasteiger partial charge in [0.2, 0.25) is 0 Å². The smallest absolute Gasteiger partial charge is 0.331 e. The Bertz CT molecular complexity index is 747. The standard InChI is InChI=1S/C17H19FN2O3S/c1-4-9-17(2,16(22)23-3)20-14(21)13-10-24-15(19-13)11-7-5-6-8-12(11)18/h5-8,10H,4,9H2,1-3H3,(H,20,21). The average molecular weight is 350 g/mol. The Balaban J connectivity index is 2.22. The van der Waals surface area contributed by atoms with Gasteiger partial charge in [0.1, 0.15) is 22.1 Å². The van der Waals surface area contributed by atoms with E-state index in [1.807, 2.05) is 6.92 Å². The van der Waals surface area contributed by atoms with Gasteiger partial charge in [-0.2, -0.15) is 0 Å². The van der Waals surface area contributed by atoms with E-state index in [1.54, 1.807) is 30.5 Å². The van der Waals surface area contributed by atoms with Gasteiger partial charge in [0.05, 0.1) is 7.11 Å². The zero-order chi connectivity index (χ0) is 17.7. The van der Waals surface area contributed by atoms with Gasteiger partial charge in [0, 0.05) is 10.9 Å². The van der Waals surface area contributed by atoms with Gasteiger partial charge < -0.3 is 10.1 Å². The molecule has 0 saturated carbocycles. The number of hydrogen-bond donors (Lipinski definition) is 1. The maximum absolute atomic E-state index is 13.8. The molecule has 1 aromatic heterocycles. The van der Waals surface area contributed by atoms with E-state index in [9.17, 15) is 14.0 Å². The van der Waals surface area contributed by atoms with E-state index in [1.165, 1.54) is 24.5 Å². The summed E-state index contributed by atoms with van der Waals surface area (Å²) in [5, 5.41) is 4.63. The van der Waals surface area contributed by atoms with Gasteiger partial charge in [0.15, 0.2) is 0 Å². The molecule has 5 nitrogen and oxygen atoms in total. The molecule has 0 aliphatic carbocycles. The number of nitrogens with zero attached hydrogens (tertiary/aromatic N) is 1. The predicted octanol–water partition coefficient (Wildman–Crippen LogP) is 3.41. The van der Waals surface area contributed by atoms with Crippen molar-refractivity contribution in [1.29, 1.82) is 0 Å². The largest absolute Gasteiger partial charge is 0.467 e. The molecule has 0 saturated heterocycles. The minimum Gasteiger partial charge on any atom is -0.467 e. The summed E-state index contributed by atoms with van der Waals surface area (Å²) < 4.78 is 18.6. The maximum Gasteiger partial charge on any atom is 0.331 e. The first-order valence-corrected chi connectivity index (χ1v) is 8.40. The molecule has 1 heterocycles. The van der Waals surface area contributed by atoms with Crippen molar-refractivity contribution in [1.82, 2.24) is 10.3 Å². The first-order valence-electron chi connectivity index (χ1n) is 7.52. The Morgan fingerprint density at radius 1 is 1.38 bits per heavy atom. The van der Waals surface area contributed by atoms with Crippen LogP contribution in [0.5, 0.6) is 0 Å². The summed E-state index contributed by atoms with van der Waals surface area (Å²) in [4.78, 5) is 28.6. The van der Waals surface area contributed by atoms with Crippen LogP contribution in [0.2, 0.25) is 0 Å². The number of hydrogen-bond acceptors (Lipinski definition) is 5. The third kappa shape index (κ3) is 3.79. The van der Waals surface area contributed by atoms with E-state index >= 15 is 0 Å². The normalized spacial score (nSPS) is 13.2. The van der Waals surface area contributed by atoms with Crippen molar-refractivity contribution in [2.75, 3.05) is 7.11 Å². The average Bonchev–Trinajstić information content (AvgIpc) is 3.04. The van der Waals surface area contributed by atoms with Crippen LogP contribution in [0.15, 0.2) is 29.6 Å². The molecule has 2 rings (SSSR count). The molecule has 24 heavy (non-hydrogen) atoms.